The Morgan fingerprint density at radius 3 is 2.78 bits per heavy atom. The molecular formula is C9H9Cl2N5OS. The Hall–Kier alpha value is -1.18. The van der Waals surface area contributed by atoms with E-state index in [-0.39, 0.29) is 16.6 Å². The van der Waals surface area contributed by atoms with Gasteiger partial charge in [0.25, 0.3) is 5.56 Å². The Bertz CT molecular complexity index is 624. The lowest BCUT2D eigenvalue weighted by molar-refractivity contribution is 0.620. The summed E-state index contributed by atoms with van der Waals surface area (Å²) in [7, 11) is 3.74. The van der Waals surface area contributed by atoms with E-state index in [1.807, 2.05) is 19.0 Å². The summed E-state index contributed by atoms with van der Waals surface area (Å²) in [6.07, 6.45) is 1.32. The Kier molecular flexibility index (Phi) is 3.84. The van der Waals surface area contributed by atoms with Crippen LogP contribution in [0.1, 0.15) is 5.82 Å². The summed E-state index contributed by atoms with van der Waals surface area (Å²) in [5, 5.41) is 4.74. The maximum atomic E-state index is 11.8. The van der Waals surface area contributed by atoms with E-state index in [0.717, 1.165) is 5.13 Å². The minimum atomic E-state index is -0.453. The van der Waals surface area contributed by atoms with Crippen LogP contribution in [0.25, 0.3) is 0 Å². The van der Waals surface area contributed by atoms with Gasteiger partial charge in [0, 0.05) is 25.6 Å². The molecule has 0 spiro atoms. The largest absolute Gasteiger partial charge is 0.353 e. The van der Waals surface area contributed by atoms with Crippen LogP contribution < -0.4 is 10.5 Å². The molecule has 0 aliphatic heterocycles. The lowest BCUT2D eigenvalue weighted by atomic mass is 10.5. The first-order valence-electron chi connectivity index (χ1n) is 4.90. The van der Waals surface area contributed by atoms with E-state index in [0.29, 0.717) is 5.82 Å². The van der Waals surface area contributed by atoms with Crippen LogP contribution in [0.15, 0.2) is 11.0 Å². The Labute approximate surface area is 117 Å². The standard InChI is InChI=1S/C9H9Cl2N5OS/c1-15(2)9-13-6(14-18-9)4-16-8(17)7(11)5(10)3-12-16/h3H,4H2,1-2H3. The zero-order valence-electron chi connectivity index (χ0n) is 9.59. The summed E-state index contributed by atoms with van der Waals surface area (Å²) in [5.74, 6) is 0.511. The average Bonchev–Trinajstić information content (AvgIpc) is 2.79. The molecule has 2 aromatic rings. The first-order chi connectivity index (χ1) is 8.49. The number of aromatic nitrogens is 4. The molecule has 0 saturated carbocycles. The predicted molar refractivity (Wildman–Crippen MR) is 71.9 cm³/mol. The van der Waals surface area contributed by atoms with Gasteiger partial charge in [0.2, 0.25) is 5.13 Å². The molecule has 0 aliphatic carbocycles. The van der Waals surface area contributed by atoms with Gasteiger partial charge >= 0.3 is 0 Å². The smallest absolute Gasteiger partial charge is 0.287 e. The highest BCUT2D eigenvalue weighted by molar-refractivity contribution is 7.09. The fourth-order valence-corrected chi connectivity index (χ4v) is 2.05. The van der Waals surface area contributed by atoms with Crippen LogP contribution in [-0.2, 0) is 6.54 Å². The normalized spacial score (nSPS) is 10.7. The van der Waals surface area contributed by atoms with Crippen LogP contribution in [0.3, 0.4) is 0 Å². The summed E-state index contributed by atoms with van der Waals surface area (Å²) >= 11 is 12.7. The summed E-state index contributed by atoms with van der Waals surface area (Å²) in [6.45, 7) is 0.167. The second kappa shape index (κ2) is 5.21. The summed E-state index contributed by atoms with van der Waals surface area (Å²) in [6, 6.07) is 0. The number of nitrogens with zero attached hydrogens (tertiary/aromatic N) is 5. The van der Waals surface area contributed by atoms with Gasteiger partial charge in [-0.3, -0.25) is 4.79 Å². The lowest BCUT2D eigenvalue weighted by Crippen LogP contribution is -2.24. The molecule has 6 nitrogen and oxygen atoms in total. The van der Waals surface area contributed by atoms with Crippen molar-refractivity contribution in [1.82, 2.24) is 19.1 Å². The topological polar surface area (TPSA) is 63.9 Å². The van der Waals surface area contributed by atoms with Crippen molar-refractivity contribution < 1.29 is 0 Å². The van der Waals surface area contributed by atoms with E-state index >= 15 is 0 Å². The highest BCUT2D eigenvalue weighted by Gasteiger charge is 2.11. The molecule has 96 valence electrons. The molecule has 2 heterocycles. The maximum absolute atomic E-state index is 11.8. The summed E-state index contributed by atoms with van der Waals surface area (Å²) in [5.41, 5.74) is -0.453. The number of halogens is 2. The minimum absolute atomic E-state index is 0.0465. The molecule has 0 unspecified atom stereocenters. The van der Waals surface area contributed by atoms with Gasteiger partial charge < -0.3 is 4.90 Å². The zero-order chi connectivity index (χ0) is 13.3. The van der Waals surface area contributed by atoms with Crippen LogP contribution in [0, 0.1) is 0 Å². The van der Waals surface area contributed by atoms with Crippen molar-refractivity contribution in [3.63, 3.8) is 0 Å². The van der Waals surface area contributed by atoms with Crippen molar-refractivity contribution in [2.75, 3.05) is 19.0 Å². The van der Waals surface area contributed by atoms with Gasteiger partial charge in [0.15, 0.2) is 5.82 Å². The molecule has 0 atom stereocenters. The van der Waals surface area contributed by atoms with Gasteiger partial charge in [0.05, 0.1) is 11.2 Å². The monoisotopic (exact) mass is 305 g/mol. The molecule has 0 radical (unpaired) electrons. The molecule has 2 rings (SSSR count). The Balaban J connectivity index is 2.29. The Morgan fingerprint density at radius 2 is 2.17 bits per heavy atom. The maximum Gasteiger partial charge on any atom is 0.287 e. The highest BCUT2D eigenvalue weighted by atomic mass is 35.5. The van der Waals surface area contributed by atoms with Gasteiger partial charge in [-0.15, -0.1) is 0 Å². The van der Waals surface area contributed by atoms with Crippen LogP contribution >= 0.6 is 34.7 Å². The second-order valence-corrected chi connectivity index (χ2v) is 5.17. The van der Waals surface area contributed by atoms with Gasteiger partial charge in [-0.25, -0.2) is 9.67 Å². The molecule has 0 aliphatic rings. The number of hydrogen-bond acceptors (Lipinski definition) is 6. The molecule has 2 aromatic heterocycles. The van der Waals surface area contributed by atoms with Crippen molar-refractivity contribution in [2.45, 2.75) is 6.54 Å². The second-order valence-electron chi connectivity index (χ2n) is 3.66. The SMILES string of the molecule is CN(C)c1nc(Cn2ncc(Cl)c(Cl)c2=O)ns1. The number of anilines is 1. The molecule has 0 amide bonds. The molecular weight excluding hydrogens is 297 g/mol. The van der Waals surface area contributed by atoms with Crippen LogP contribution in [-0.4, -0.2) is 33.2 Å². The van der Waals surface area contributed by atoms with E-state index in [2.05, 4.69) is 14.5 Å². The molecule has 0 bridgehead atoms. The first kappa shape index (κ1) is 13.3. The molecule has 0 fully saturated rings. The number of hydrogen-bond donors (Lipinski definition) is 0. The van der Waals surface area contributed by atoms with E-state index in [1.54, 1.807) is 0 Å². The quantitative estimate of drug-likeness (QED) is 0.860. The van der Waals surface area contributed by atoms with E-state index < -0.39 is 5.56 Å². The number of rotatable bonds is 3. The van der Waals surface area contributed by atoms with E-state index in [1.165, 1.54) is 22.4 Å². The highest BCUT2D eigenvalue weighted by Crippen LogP contribution is 2.16. The van der Waals surface area contributed by atoms with Gasteiger partial charge in [-0.1, -0.05) is 23.2 Å². The van der Waals surface area contributed by atoms with Gasteiger partial charge in [-0.05, 0) is 0 Å². The molecule has 0 saturated heterocycles. The Morgan fingerprint density at radius 1 is 1.44 bits per heavy atom. The summed E-state index contributed by atoms with van der Waals surface area (Å²) in [4.78, 5) is 17.9. The van der Waals surface area contributed by atoms with Crippen molar-refractivity contribution in [3.05, 3.63) is 32.4 Å². The molecule has 18 heavy (non-hydrogen) atoms. The third-order valence-electron chi connectivity index (χ3n) is 2.07. The van der Waals surface area contributed by atoms with Gasteiger partial charge in [-0.2, -0.15) is 9.47 Å². The van der Waals surface area contributed by atoms with E-state index in [9.17, 15) is 4.79 Å². The fourth-order valence-electron chi connectivity index (χ4n) is 1.18. The van der Waals surface area contributed by atoms with Crippen LogP contribution in [0.5, 0.6) is 0 Å². The average molecular weight is 306 g/mol. The van der Waals surface area contributed by atoms with Crippen molar-refractivity contribution >= 4 is 39.9 Å². The van der Waals surface area contributed by atoms with Crippen LogP contribution in [0.2, 0.25) is 10.0 Å². The summed E-state index contributed by atoms with van der Waals surface area (Å²) < 4.78 is 5.32. The first-order valence-corrected chi connectivity index (χ1v) is 6.43. The van der Waals surface area contributed by atoms with Gasteiger partial charge in [0.1, 0.15) is 11.6 Å². The van der Waals surface area contributed by atoms with Crippen LogP contribution in [0.4, 0.5) is 5.13 Å². The molecule has 9 heteroatoms. The van der Waals surface area contributed by atoms with Crippen molar-refractivity contribution in [1.29, 1.82) is 0 Å². The van der Waals surface area contributed by atoms with E-state index in [4.69, 9.17) is 23.2 Å². The van der Waals surface area contributed by atoms with Crippen molar-refractivity contribution in [3.8, 4) is 0 Å². The molecule has 0 N–H and O–H groups in total. The third-order valence-corrected chi connectivity index (χ3v) is 3.74. The fraction of sp³-hybridized carbons (Fsp3) is 0.333. The minimum Gasteiger partial charge on any atom is -0.353 e. The third kappa shape index (κ3) is 2.63. The zero-order valence-corrected chi connectivity index (χ0v) is 11.9. The van der Waals surface area contributed by atoms with Crippen molar-refractivity contribution in [2.24, 2.45) is 0 Å². The molecule has 0 aromatic carbocycles. The lowest BCUT2D eigenvalue weighted by Gasteiger charge is -2.04. The predicted octanol–water partition coefficient (Wildman–Crippen LogP) is 1.52.